The highest BCUT2D eigenvalue weighted by atomic mass is 32.2. The maximum absolute atomic E-state index is 11.8. The first kappa shape index (κ1) is 17.4. The first-order valence-corrected chi connectivity index (χ1v) is 9.68. The first-order valence-electron chi connectivity index (χ1n) is 6.91. The van der Waals surface area contributed by atoms with E-state index in [1.165, 1.54) is 12.1 Å². The van der Waals surface area contributed by atoms with Crippen molar-refractivity contribution in [1.29, 1.82) is 0 Å². The lowest BCUT2D eigenvalue weighted by atomic mass is 10.2. The summed E-state index contributed by atoms with van der Waals surface area (Å²) in [7, 11) is -3.55. The van der Waals surface area contributed by atoms with Gasteiger partial charge in [-0.05, 0) is 19.4 Å². The standard InChI is InChI=1S/C14H17N3O4S2/c1-10-9-22-14(16-10)4-3-7-15-12-6-5-11(17(18)19)8-13(12)23(2,20)21/h5-6,8-9,15H,3-4,7H2,1-2H3. The summed E-state index contributed by atoms with van der Waals surface area (Å²) in [6.45, 7) is 2.49. The Morgan fingerprint density at radius 2 is 2.13 bits per heavy atom. The molecule has 0 spiro atoms. The van der Waals surface area contributed by atoms with Gasteiger partial charge in [-0.15, -0.1) is 11.3 Å². The van der Waals surface area contributed by atoms with Crippen LogP contribution in [-0.4, -0.2) is 31.1 Å². The predicted octanol–water partition coefficient (Wildman–Crippen LogP) is 2.81. The molecule has 1 heterocycles. The van der Waals surface area contributed by atoms with Crippen LogP contribution in [0.3, 0.4) is 0 Å². The second-order valence-electron chi connectivity index (χ2n) is 5.12. The predicted molar refractivity (Wildman–Crippen MR) is 89.9 cm³/mol. The Morgan fingerprint density at radius 3 is 2.70 bits per heavy atom. The molecule has 0 unspecified atom stereocenters. The fourth-order valence-corrected chi connectivity index (χ4v) is 3.75. The Hall–Kier alpha value is -2.00. The zero-order valence-electron chi connectivity index (χ0n) is 12.8. The van der Waals surface area contributed by atoms with Gasteiger partial charge in [-0.25, -0.2) is 13.4 Å². The highest BCUT2D eigenvalue weighted by Crippen LogP contribution is 2.26. The molecule has 2 rings (SSSR count). The highest BCUT2D eigenvalue weighted by Gasteiger charge is 2.18. The van der Waals surface area contributed by atoms with Crippen molar-refractivity contribution in [2.24, 2.45) is 0 Å². The molecule has 1 N–H and O–H groups in total. The number of rotatable bonds is 7. The summed E-state index contributed by atoms with van der Waals surface area (Å²) in [4.78, 5) is 14.5. The van der Waals surface area contributed by atoms with Gasteiger partial charge >= 0.3 is 0 Å². The Labute approximate surface area is 138 Å². The van der Waals surface area contributed by atoms with Crippen molar-refractivity contribution in [3.05, 3.63) is 44.4 Å². The lowest BCUT2D eigenvalue weighted by Gasteiger charge is -2.10. The Bertz CT molecular complexity index is 815. The molecule has 0 radical (unpaired) electrons. The lowest BCUT2D eigenvalue weighted by molar-refractivity contribution is -0.385. The Morgan fingerprint density at radius 1 is 1.39 bits per heavy atom. The van der Waals surface area contributed by atoms with Crippen LogP contribution in [-0.2, 0) is 16.3 Å². The van der Waals surface area contributed by atoms with E-state index < -0.39 is 14.8 Å². The van der Waals surface area contributed by atoms with Crippen LogP contribution in [0.1, 0.15) is 17.1 Å². The van der Waals surface area contributed by atoms with E-state index in [1.54, 1.807) is 11.3 Å². The molecule has 0 aliphatic rings. The molecule has 0 saturated heterocycles. The van der Waals surface area contributed by atoms with Crippen LogP contribution in [0.5, 0.6) is 0 Å². The minimum Gasteiger partial charge on any atom is -0.384 e. The maximum Gasteiger partial charge on any atom is 0.270 e. The van der Waals surface area contributed by atoms with E-state index in [0.717, 1.165) is 35.9 Å². The fourth-order valence-electron chi connectivity index (χ4n) is 2.06. The van der Waals surface area contributed by atoms with Gasteiger partial charge in [0, 0.05) is 42.4 Å². The van der Waals surface area contributed by atoms with Gasteiger partial charge < -0.3 is 5.32 Å². The third kappa shape index (κ3) is 4.73. The molecular formula is C14H17N3O4S2. The zero-order valence-corrected chi connectivity index (χ0v) is 14.4. The highest BCUT2D eigenvalue weighted by molar-refractivity contribution is 7.90. The number of thiazole rings is 1. The molecule has 0 aliphatic carbocycles. The van der Waals surface area contributed by atoms with Gasteiger partial charge in [0.1, 0.15) is 0 Å². The summed E-state index contributed by atoms with van der Waals surface area (Å²) in [5.41, 5.74) is 1.13. The number of non-ortho nitro benzene ring substituents is 1. The number of nitro benzene ring substituents is 1. The molecule has 0 aliphatic heterocycles. The summed E-state index contributed by atoms with van der Waals surface area (Å²) in [6, 6.07) is 3.81. The molecular weight excluding hydrogens is 338 g/mol. The van der Waals surface area contributed by atoms with Crippen LogP contribution in [0, 0.1) is 17.0 Å². The van der Waals surface area contributed by atoms with Gasteiger partial charge in [-0.2, -0.15) is 0 Å². The van der Waals surface area contributed by atoms with E-state index in [-0.39, 0.29) is 10.6 Å². The smallest absolute Gasteiger partial charge is 0.270 e. The quantitative estimate of drug-likeness (QED) is 0.465. The summed E-state index contributed by atoms with van der Waals surface area (Å²) < 4.78 is 23.6. The second-order valence-corrected chi connectivity index (χ2v) is 8.05. The number of nitrogens with zero attached hydrogens (tertiary/aromatic N) is 2. The maximum atomic E-state index is 11.8. The van der Waals surface area contributed by atoms with Crippen LogP contribution in [0.2, 0.25) is 0 Å². The summed E-state index contributed by atoms with van der Waals surface area (Å²) >= 11 is 1.60. The van der Waals surface area contributed by atoms with Crippen LogP contribution in [0.15, 0.2) is 28.5 Å². The summed E-state index contributed by atoms with van der Waals surface area (Å²) in [5.74, 6) is 0. The second kappa shape index (κ2) is 7.05. The van der Waals surface area contributed by atoms with Crippen LogP contribution < -0.4 is 5.32 Å². The molecule has 124 valence electrons. The van der Waals surface area contributed by atoms with Crippen molar-refractivity contribution in [2.75, 3.05) is 18.1 Å². The average Bonchev–Trinajstić information content (AvgIpc) is 2.88. The van der Waals surface area contributed by atoms with Crippen molar-refractivity contribution in [3.63, 3.8) is 0 Å². The molecule has 1 aromatic carbocycles. The summed E-state index contributed by atoms with van der Waals surface area (Å²) in [6.07, 6.45) is 2.62. The van der Waals surface area contributed by atoms with Gasteiger partial charge in [0.2, 0.25) is 0 Å². The van der Waals surface area contributed by atoms with Crippen LogP contribution in [0.25, 0.3) is 0 Å². The van der Waals surface area contributed by atoms with E-state index in [9.17, 15) is 18.5 Å². The molecule has 0 bridgehead atoms. The fraction of sp³-hybridized carbons (Fsp3) is 0.357. The van der Waals surface area contributed by atoms with Crippen LogP contribution in [0.4, 0.5) is 11.4 Å². The molecule has 9 heteroatoms. The molecule has 0 atom stereocenters. The topological polar surface area (TPSA) is 102 Å². The van der Waals surface area contributed by atoms with E-state index in [4.69, 9.17) is 0 Å². The van der Waals surface area contributed by atoms with Gasteiger partial charge in [0.15, 0.2) is 9.84 Å². The largest absolute Gasteiger partial charge is 0.384 e. The van der Waals surface area contributed by atoms with Gasteiger partial charge in [0.25, 0.3) is 5.69 Å². The number of nitrogens with one attached hydrogen (secondary N) is 1. The number of aryl methyl sites for hydroxylation is 2. The van der Waals surface area contributed by atoms with E-state index in [2.05, 4.69) is 10.3 Å². The number of hydrogen-bond donors (Lipinski definition) is 1. The molecule has 2 aromatic rings. The van der Waals surface area contributed by atoms with Crippen molar-refractivity contribution in [1.82, 2.24) is 4.98 Å². The molecule has 0 fully saturated rings. The Kier molecular flexibility index (Phi) is 5.32. The Balaban J connectivity index is 2.05. The number of anilines is 1. The minimum absolute atomic E-state index is 0.0585. The summed E-state index contributed by atoms with van der Waals surface area (Å²) in [5, 5.41) is 16.9. The molecule has 1 aromatic heterocycles. The van der Waals surface area contributed by atoms with E-state index >= 15 is 0 Å². The van der Waals surface area contributed by atoms with Crippen molar-refractivity contribution in [2.45, 2.75) is 24.7 Å². The number of sulfone groups is 1. The minimum atomic E-state index is -3.55. The van der Waals surface area contributed by atoms with Gasteiger partial charge in [-0.3, -0.25) is 10.1 Å². The monoisotopic (exact) mass is 355 g/mol. The molecule has 7 nitrogen and oxygen atoms in total. The van der Waals surface area contributed by atoms with Gasteiger partial charge in [0.05, 0.1) is 20.5 Å². The zero-order chi connectivity index (χ0) is 17.0. The van der Waals surface area contributed by atoms with Gasteiger partial charge in [-0.1, -0.05) is 0 Å². The average molecular weight is 355 g/mol. The third-order valence-corrected chi connectivity index (χ3v) is 5.29. The van der Waals surface area contributed by atoms with Crippen molar-refractivity contribution >= 4 is 32.5 Å². The van der Waals surface area contributed by atoms with Crippen molar-refractivity contribution < 1.29 is 13.3 Å². The SMILES string of the molecule is Cc1csc(CCCNc2ccc([N+](=O)[O-])cc2S(C)(=O)=O)n1. The number of nitro groups is 1. The van der Waals surface area contributed by atoms with Crippen molar-refractivity contribution in [3.8, 4) is 0 Å². The lowest BCUT2D eigenvalue weighted by Crippen LogP contribution is -2.08. The van der Waals surface area contributed by atoms with E-state index in [0.29, 0.717) is 12.2 Å². The van der Waals surface area contributed by atoms with Crippen LogP contribution >= 0.6 is 11.3 Å². The normalized spacial score (nSPS) is 11.4. The number of aromatic nitrogens is 1. The van der Waals surface area contributed by atoms with E-state index in [1.807, 2.05) is 12.3 Å². The molecule has 0 saturated carbocycles. The first-order chi connectivity index (χ1) is 10.8. The molecule has 23 heavy (non-hydrogen) atoms. The third-order valence-electron chi connectivity index (χ3n) is 3.12. The number of hydrogen-bond acceptors (Lipinski definition) is 7. The number of benzene rings is 1. The molecule has 0 amide bonds.